The smallest absolute Gasteiger partial charge is 0.213 e. The van der Waals surface area contributed by atoms with Crippen molar-refractivity contribution in [1.29, 1.82) is 0 Å². The second-order valence-electron chi connectivity index (χ2n) is 2.65. The van der Waals surface area contributed by atoms with Crippen LogP contribution in [0.15, 0.2) is 12.3 Å². The van der Waals surface area contributed by atoms with Gasteiger partial charge in [0.2, 0.25) is 5.95 Å². The largest absolute Gasteiger partial charge is 0.396 e. The maximum absolute atomic E-state index is 13.0. The maximum atomic E-state index is 13.0. The van der Waals surface area contributed by atoms with Crippen molar-refractivity contribution in [3.05, 3.63) is 29.6 Å². The summed E-state index contributed by atoms with van der Waals surface area (Å²) in [4.78, 5) is 3.12. The van der Waals surface area contributed by atoms with E-state index in [-0.39, 0.29) is 18.6 Å². The molecule has 3 N–H and O–H groups in total. The third kappa shape index (κ3) is 2.43. The highest BCUT2D eigenvalue weighted by Crippen LogP contribution is 2.17. The maximum Gasteiger partial charge on any atom is 0.213 e. The van der Waals surface area contributed by atoms with E-state index in [1.165, 1.54) is 0 Å². The van der Waals surface area contributed by atoms with Gasteiger partial charge in [0.25, 0.3) is 0 Å². The van der Waals surface area contributed by atoms with E-state index < -0.39 is 17.8 Å². The summed E-state index contributed by atoms with van der Waals surface area (Å²) in [6, 6.07) is 0.248. The number of aromatic nitrogens is 1. The number of hydrogen-bond acceptors (Lipinski definition) is 3. The van der Waals surface area contributed by atoms with Gasteiger partial charge < -0.3 is 10.8 Å². The fourth-order valence-electron chi connectivity index (χ4n) is 1.01. The minimum Gasteiger partial charge on any atom is -0.396 e. The van der Waals surface area contributed by atoms with Gasteiger partial charge in [-0.2, -0.15) is 4.39 Å². The van der Waals surface area contributed by atoms with Crippen LogP contribution in [0, 0.1) is 11.8 Å². The second-order valence-corrected chi connectivity index (χ2v) is 2.65. The van der Waals surface area contributed by atoms with Crippen molar-refractivity contribution in [3.8, 4) is 0 Å². The van der Waals surface area contributed by atoms with Crippen LogP contribution in [0.1, 0.15) is 18.0 Å². The van der Waals surface area contributed by atoms with E-state index in [1.807, 2.05) is 0 Å². The Hall–Kier alpha value is -1.07. The lowest BCUT2D eigenvalue weighted by Gasteiger charge is -2.10. The van der Waals surface area contributed by atoms with Gasteiger partial charge in [-0.3, -0.25) is 0 Å². The Morgan fingerprint density at radius 2 is 2.23 bits per heavy atom. The van der Waals surface area contributed by atoms with Crippen molar-refractivity contribution in [2.24, 2.45) is 5.73 Å². The highest BCUT2D eigenvalue weighted by molar-refractivity contribution is 5.17. The van der Waals surface area contributed by atoms with Gasteiger partial charge in [-0.1, -0.05) is 0 Å². The molecule has 0 bridgehead atoms. The van der Waals surface area contributed by atoms with Crippen LogP contribution >= 0.6 is 0 Å². The van der Waals surface area contributed by atoms with Gasteiger partial charge in [-0.15, -0.1) is 0 Å². The van der Waals surface area contributed by atoms with Crippen LogP contribution < -0.4 is 5.73 Å². The molecule has 0 fully saturated rings. The number of nitrogens with zero attached hydrogens (tertiary/aromatic N) is 1. The van der Waals surface area contributed by atoms with E-state index in [0.29, 0.717) is 0 Å². The van der Waals surface area contributed by atoms with Crippen molar-refractivity contribution in [1.82, 2.24) is 4.98 Å². The molecule has 1 aromatic rings. The van der Waals surface area contributed by atoms with E-state index in [0.717, 1.165) is 12.3 Å². The molecule has 0 aliphatic heterocycles. The lowest BCUT2D eigenvalue weighted by atomic mass is 10.1. The van der Waals surface area contributed by atoms with Gasteiger partial charge >= 0.3 is 0 Å². The third-order valence-electron chi connectivity index (χ3n) is 1.69. The first-order valence-electron chi connectivity index (χ1n) is 3.82. The molecule has 72 valence electrons. The normalized spacial score (nSPS) is 12.9. The predicted octanol–water partition coefficient (Wildman–Crippen LogP) is 0.742. The predicted molar refractivity (Wildman–Crippen MR) is 42.8 cm³/mol. The SMILES string of the molecule is NC(CCO)c1cc(F)ncc1F. The van der Waals surface area contributed by atoms with Gasteiger partial charge in [-0.05, 0) is 6.42 Å². The number of hydrogen-bond donors (Lipinski definition) is 2. The average Bonchev–Trinajstić information content (AvgIpc) is 2.09. The molecule has 0 radical (unpaired) electrons. The minimum absolute atomic E-state index is 0.0431. The third-order valence-corrected chi connectivity index (χ3v) is 1.69. The molecular formula is C8H10F2N2O. The molecule has 5 heteroatoms. The lowest BCUT2D eigenvalue weighted by Crippen LogP contribution is -2.14. The van der Waals surface area contributed by atoms with Crippen LogP contribution in [-0.2, 0) is 0 Å². The molecule has 1 unspecified atom stereocenters. The monoisotopic (exact) mass is 188 g/mol. The molecule has 1 aromatic heterocycles. The Bertz CT molecular complexity index is 293. The summed E-state index contributed by atoms with van der Waals surface area (Å²) in [5, 5.41) is 8.55. The molecule has 0 aromatic carbocycles. The number of rotatable bonds is 3. The van der Waals surface area contributed by atoms with Gasteiger partial charge in [0, 0.05) is 24.3 Å². The zero-order chi connectivity index (χ0) is 9.84. The van der Waals surface area contributed by atoms with Crippen molar-refractivity contribution >= 4 is 0 Å². The molecule has 1 rings (SSSR count). The molecule has 1 atom stereocenters. The average molecular weight is 188 g/mol. The molecule has 13 heavy (non-hydrogen) atoms. The Balaban J connectivity index is 2.91. The summed E-state index contributed by atoms with van der Waals surface area (Å²) in [7, 11) is 0. The zero-order valence-electron chi connectivity index (χ0n) is 6.87. The highest BCUT2D eigenvalue weighted by atomic mass is 19.1. The van der Waals surface area contributed by atoms with Crippen molar-refractivity contribution in [2.75, 3.05) is 6.61 Å². The Morgan fingerprint density at radius 1 is 1.54 bits per heavy atom. The molecule has 3 nitrogen and oxygen atoms in total. The first-order valence-corrected chi connectivity index (χ1v) is 3.82. The van der Waals surface area contributed by atoms with Gasteiger partial charge in [0.05, 0.1) is 6.20 Å². The van der Waals surface area contributed by atoms with Crippen molar-refractivity contribution in [3.63, 3.8) is 0 Å². The summed E-state index contributed by atoms with van der Waals surface area (Å²) in [6.07, 6.45) is 0.974. The lowest BCUT2D eigenvalue weighted by molar-refractivity contribution is 0.275. The van der Waals surface area contributed by atoms with Crippen LogP contribution in [0.2, 0.25) is 0 Å². The van der Waals surface area contributed by atoms with E-state index in [2.05, 4.69) is 4.98 Å². The van der Waals surface area contributed by atoms with Gasteiger partial charge in [0.15, 0.2) is 0 Å². The summed E-state index contributed by atoms with van der Waals surface area (Å²) >= 11 is 0. The van der Waals surface area contributed by atoms with Crippen LogP contribution in [0.25, 0.3) is 0 Å². The Kier molecular flexibility index (Phi) is 3.27. The fourth-order valence-corrected chi connectivity index (χ4v) is 1.01. The summed E-state index contributed by atoms with van der Waals surface area (Å²) in [6.45, 7) is -0.162. The van der Waals surface area contributed by atoms with Gasteiger partial charge in [-0.25, -0.2) is 9.37 Å². The van der Waals surface area contributed by atoms with E-state index in [4.69, 9.17) is 10.8 Å². The van der Waals surface area contributed by atoms with Gasteiger partial charge in [0.1, 0.15) is 5.82 Å². The van der Waals surface area contributed by atoms with Crippen LogP contribution in [0.4, 0.5) is 8.78 Å². The van der Waals surface area contributed by atoms with E-state index >= 15 is 0 Å². The highest BCUT2D eigenvalue weighted by Gasteiger charge is 2.12. The second kappa shape index (κ2) is 4.25. The first kappa shape index (κ1) is 10.0. The van der Waals surface area contributed by atoms with E-state index in [9.17, 15) is 8.78 Å². The molecule has 0 spiro atoms. The van der Waals surface area contributed by atoms with Crippen molar-refractivity contribution < 1.29 is 13.9 Å². The van der Waals surface area contributed by atoms with Crippen LogP contribution in [0.5, 0.6) is 0 Å². The Morgan fingerprint density at radius 3 is 2.85 bits per heavy atom. The number of pyridine rings is 1. The molecule has 0 amide bonds. The molecule has 0 aliphatic rings. The number of aliphatic hydroxyl groups is 1. The standard InChI is InChI=1S/C8H10F2N2O/c9-6-4-12-8(10)3-5(6)7(11)1-2-13/h3-4,7,13H,1-2,11H2. The van der Waals surface area contributed by atoms with E-state index in [1.54, 1.807) is 0 Å². The molecule has 0 saturated heterocycles. The first-order chi connectivity index (χ1) is 6.15. The number of nitrogens with two attached hydrogens (primary N) is 1. The van der Waals surface area contributed by atoms with Crippen molar-refractivity contribution in [2.45, 2.75) is 12.5 Å². The minimum atomic E-state index is -0.773. The number of halogens is 2. The molecule has 0 aliphatic carbocycles. The molecule has 1 heterocycles. The topological polar surface area (TPSA) is 59.1 Å². The van der Waals surface area contributed by atoms with Crippen LogP contribution in [-0.4, -0.2) is 16.7 Å². The molecular weight excluding hydrogens is 178 g/mol. The Labute approximate surface area is 74.2 Å². The fraction of sp³-hybridized carbons (Fsp3) is 0.375. The quantitative estimate of drug-likeness (QED) is 0.688. The summed E-state index contributed by atoms with van der Waals surface area (Å²) in [5.41, 5.74) is 5.52. The zero-order valence-corrected chi connectivity index (χ0v) is 6.87. The van der Waals surface area contributed by atoms with Crippen LogP contribution in [0.3, 0.4) is 0 Å². The summed E-state index contributed by atoms with van der Waals surface area (Å²) in [5.74, 6) is -1.42. The summed E-state index contributed by atoms with van der Waals surface area (Å²) < 4.78 is 25.5. The number of aliphatic hydroxyl groups excluding tert-OH is 1. The molecule has 0 saturated carbocycles.